The van der Waals surface area contributed by atoms with Crippen molar-refractivity contribution >= 4 is 34.7 Å². The first-order valence-electron chi connectivity index (χ1n) is 8.40. The number of nitrogens with one attached hydrogen (secondary N) is 2. The van der Waals surface area contributed by atoms with Crippen LogP contribution in [-0.4, -0.2) is 30.3 Å². The van der Waals surface area contributed by atoms with E-state index in [4.69, 9.17) is 21.1 Å². The zero-order valence-electron chi connectivity index (χ0n) is 15.6. The molecule has 1 heterocycles. The Morgan fingerprint density at radius 1 is 1.00 bits per heavy atom. The minimum atomic E-state index is -0.377. The van der Waals surface area contributed by atoms with Crippen molar-refractivity contribution in [1.29, 1.82) is 0 Å². The number of halogens is 1. The van der Waals surface area contributed by atoms with Crippen LogP contribution in [0, 0.1) is 6.92 Å². The summed E-state index contributed by atoms with van der Waals surface area (Å²) in [5.41, 5.74) is 2.37. The Morgan fingerprint density at radius 3 is 2.46 bits per heavy atom. The minimum Gasteiger partial charge on any atom is -0.497 e. The van der Waals surface area contributed by atoms with Crippen LogP contribution in [0.15, 0.2) is 48.5 Å². The Bertz CT molecular complexity index is 993. The van der Waals surface area contributed by atoms with Gasteiger partial charge in [-0.2, -0.15) is 0 Å². The third-order valence-electron chi connectivity index (χ3n) is 4.00. The zero-order chi connectivity index (χ0) is 20.1. The normalized spacial score (nSPS) is 10.3. The van der Waals surface area contributed by atoms with Gasteiger partial charge < -0.3 is 20.1 Å². The number of carbonyl (C=O) groups excluding carboxylic acids is 1. The third kappa shape index (κ3) is 4.50. The van der Waals surface area contributed by atoms with Crippen molar-refractivity contribution in [3.8, 4) is 11.5 Å². The van der Waals surface area contributed by atoms with Crippen LogP contribution in [0.2, 0.25) is 5.02 Å². The van der Waals surface area contributed by atoms with Crippen LogP contribution >= 0.6 is 11.6 Å². The molecule has 144 valence electrons. The van der Waals surface area contributed by atoms with E-state index >= 15 is 0 Å². The van der Waals surface area contributed by atoms with E-state index in [2.05, 4.69) is 20.8 Å². The van der Waals surface area contributed by atoms with Crippen molar-refractivity contribution in [2.24, 2.45) is 0 Å². The zero-order valence-corrected chi connectivity index (χ0v) is 16.4. The van der Waals surface area contributed by atoms with Crippen molar-refractivity contribution in [2.75, 3.05) is 24.9 Å². The van der Waals surface area contributed by atoms with Gasteiger partial charge in [0.2, 0.25) is 0 Å². The van der Waals surface area contributed by atoms with E-state index in [9.17, 15) is 4.79 Å². The number of aryl methyl sites for hydroxylation is 1. The summed E-state index contributed by atoms with van der Waals surface area (Å²) >= 11 is 6.08. The lowest BCUT2D eigenvalue weighted by Crippen LogP contribution is -2.14. The smallest absolute Gasteiger partial charge is 0.276 e. The predicted octanol–water partition coefficient (Wildman–Crippen LogP) is 4.45. The van der Waals surface area contributed by atoms with Gasteiger partial charge in [0.05, 0.1) is 19.9 Å². The van der Waals surface area contributed by atoms with Gasteiger partial charge in [0.15, 0.2) is 11.5 Å². The molecule has 0 atom stereocenters. The number of carbonyl (C=O) groups is 1. The molecule has 3 rings (SSSR count). The Kier molecular flexibility index (Phi) is 5.96. The molecule has 1 aromatic heterocycles. The number of hydrogen-bond donors (Lipinski definition) is 2. The van der Waals surface area contributed by atoms with Crippen molar-refractivity contribution in [3.05, 3.63) is 64.8 Å². The standard InChI is InChI=1S/C20H19ClN4O3/c1-12-4-5-13(10-15(12)21)22-20(26)16-7-9-19(25-24-16)23-17-11-14(27-2)6-8-18(17)28-3/h4-11H,1-3H3,(H,22,26)(H,23,25). The summed E-state index contributed by atoms with van der Waals surface area (Å²) in [5, 5.41) is 14.5. The maximum Gasteiger partial charge on any atom is 0.276 e. The Labute approximate surface area is 167 Å². The highest BCUT2D eigenvalue weighted by Gasteiger charge is 2.11. The molecule has 3 aromatic rings. The summed E-state index contributed by atoms with van der Waals surface area (Å²) < 4.78 is 10.5. The van der Waals surface area contributed by atoms with Crippen LogP contribution in [0.3, 0.4) is 0 Å². The summed E-state index contributed by atoms with van der Waals surface area (Å²) in [5.74, 6) is 1.38. The lowest BCUT2D eigenvalue weighted by Gasteiger charge is -2.12. The van der Waals surface area contributed by atoms with Crippen molar-refractivity contribution < 1.29 is 14.3 Å². The van der Waals surface area contributed by atoms with E-state index in [1.807, 2.05) is 13.0 Å². The Morgan fingerprint density at radius 2 is 1.82 bits per heavy atom. The maximum absolute atomic E-state index is 12.4. The fourth-order valence-electron chi connectivity index (χ4n) is 2.44. The van der Waals surface area contributed by atoms with Gasteiger partial charge in [-0.1, -0.05) is 17.7 Å². The largest absolute Gasteiger partial charge is 0.497 e. The summed E-state index contributed by atoms with van der Waals surface area (Å²) in [6.07, 6.45) is 0. The average Bonchev–Trinajstić information content (AvgIpc) is 2.71. The quantitative estimate of drug-likeness (QED) is 0.638. The number of anilines is 3. The van der Waals surface area contributed by atoms with Crippen molar-refractivity contribution in [1.82, 2.24) is 10.2 Å². The Balaban J connectivity index is 1.72. The molecule has 0 saturated heterocycles. The Hall–Kier alpha value is -3.32. The number of hydrogen-bond acceptors (Lipinski definition) is 6. The molecule has 0 aliphatic heterocycles. The molecule has 8 heteroatoms. The van der Waals surface area contributed by atoms with Gasteiger partial charge in [0.1, 0.15) is 11.5 Å². The van der Waals surface area contributed by atoms with E-state index < -0.39 is 0 Å². The summed E-state index contributed by atoms with van der Waals surface area (Å²) in [7, 11) is 3.16. The molecule has 0 spiro atoms. The van der Waals surface area contributed by atoms with Gasteiger partial charge in [-0.3, -0.25) is 4.79 Å². The van der Waals surface area contributed by atoms with E-state index in [1.54, 1.807) is 56.7 Å². The first-order valence-corrected chi connectivity index (χ1v) is 8.78. The van der Waals surface area contributed by atoms with Crippen LogP contribution in [0.1, 0.15) is 16.1 Å². The van der Waals surface area contributed by atoms with Crippen molar-refractivity contribution in [3.63, 3.8) is 0 Å². The third-order valence-corrected chi connectivity index (χ3v) is 4.40. The molecule has 28 heavy (non-hydrogen) atoms. The van der Waals surface area contributed by atoms with Crippen LogP contribution in [-0.2, 0) is 0 Å². The first-order chi connectivity index (χ1) is 13.5. The second-order valence-corrected chi connectivity index (χ2v) is 6.32. The molecule has 0 saturated carbocycles. The first kappa shape index (κ1) is 19.4. The van der Waals surface area contributed by atoms with Gasteiger partial charge in [0.25, 0.3) is 5.91 Å². The summed E-state index contributed by atoms with van der Waals surface area (Å²) in [6, 6.07) is 13.9. The van der Waals surface area contributed by atoms with Gasteiger partial charge in [-0.15, -0.1) is 10.2 Å². The number of ether oxygens (including phenoxy) is 2. The van der Waals surface area contributed by atoms with Gasteiger partial charge in [-0.05, 0) is 48.9 Å². The highest BCUT2D eigenvalue weighted by molar-refractivity contribution is 6.31. The van der Waals surface area contributed by atoms with Gasteiger partial charge in [-0.25, -0.2) is 0 Å². The van der Waals surface area contributed by atoms with Gasteiger partial charge >= 0.3 is 0 Å². The topological polar surface area (TPSA) is 85.4 Å². The van der Waals surface area contributed by atoms with Crippen LogP contribution < -0.4 is 20.1 Å². The van der Waals surface area contributed by atoms with E-state index in [1.165, 1.54) is 0 Å². The molecule has 7 nitrogen and oxygen atoms in total. The number of benzene rings is 2. The molecule has 2 aromatic carbocycles. The molecule has 0 unspecified atom stereocenters. The number of aromatic nitrogens is 2. The molecule has 0 radical (unpaired) electrons. The molecular weight excluding hydrogens is 380 g/mol. The second kappa shape index (κ2) is 8.58. The SMILES string of the molecule is COc1ccc(OC)c(Nc2ccc(C(=O)Nc3ccc(C)c(Cl)c3)nn2)c1. The maximum atomic E-state index is 12.4. The fourth-order valence-corrected chi connectivity index (χ4v) is 2.62. The van der Waals surface area contributed by atoms with Gasteiger partial charge in [0, 0.05) is 16.8 Å². The fraction of sp³-hybridized carbons (Fsp3) is 0.150. The summed E-state index contributed by atoms with van der Waals surface area (Å²) in [4.78, 5) is 12.4. The number of amides is 1. The van der Waals surface area contributed by atoms with Crippen LogP contribution in [0.4, 0.5) is 17.2 Å². The van der Waals surface area contributed by atoms with E-state index in [0.717, 1.165) is 5.56 Å². The van der Waals surface area contributed by atoms with Crippen molar-refractivity contribution in [2.45, 2.75) is 6.92 Å². The lowest BCUT2D eigenvalue weighted by molar-refractivity contribution is 0.102. The highest BCUT2D eigenvalue weighted by atomic mass is 35.5. The lowest BCUT2D eigenvalue weighted by atomic mass is 10.2. The highest BCUT2D eigenvalue weighted by Crippen LogP contribution is 2.30. The molecule has 0 bridgehead atoms. The average molecular weight is 399 g/mol. The number of rotatable bonds is 6. The number of nitrogens with zero attached hydrogens (tertiary/aromatic N) is 2. The molecule has 0 fully saturated rings. The molecule has 1 amide bonds. The van der Waals surface area contributed by atoms with E-state index in [-0.39, 0.29) is 11.6 Å². The molecule has 2 N–H and O–H groups in total. The molecule has 0 aliphatic rings. The van der Waals surface area contributed by atoms with Crippen LogP contribution in [0.5, 0.6) is 11.5 Å². The number of methoxy groups -OCH3 is 2. The van der Waals surface area contributed by atoms with Crippen LogP contribution in [0.25, 0.3) is 0 Å². The predicted molar refractivity (Wildman–Crippen MR) is 109 cm³/mol. The molecule has 0 aliphatic carbocycles. The minimum absolute atomic E-state index is 0.180. The van der Waals surface area contributed by atoms with E-state index in [0.29, 0.717) is 33.7 Å². The molecular formula is C20H19ClN4O3. The monoisotopic (exact) mass is 398 g/mol. The summed E-state index contributed by atoms with van der Waals surface area (Å²) in [6.45, 7) is 1.89. The second-order valence-electron chi connectivity index (χ2n) is 5.91.